The monoisotopic (exact) mass is 588 g/mol. The number of anilines is 1. The van der Waals surface area contributed by atoms with Crippen LogP contribution in [0.3, 0.4) is 0 Å². The smallest absolute Gasteiger partial charge is 0.253 e. The molecule has 39 heavy (non-hydrogen) atoms. The number of aromatic nitrogens is 3. The molecule has 3 aromatic rings. The summed E-state index contributed by atoms with van der Waals surface area (Å²) < 4.78 is 1.97. The standard InChI is InChI=1S/C28H34Cl2N6O2S/c1-4-36-26(24(16-19(2)3)31-27(38)22-11-10-20(29)17-23(22)30)32-33-28(36)39-18-25(37)35-14-12-34(13-15-35)21-8-6-5-7-9-21/h5-11,17,19,24H,4,12-16,18H2,1-3H3,(H,31,38)/t24-/m1/s1. The van der Waals surface area contributed by atoms with Crippen molar-refractivity contribution >= 4 is 52.5 Å². The third kappa shape index (κ3) is 7.47. The number of para-hydroxylation sites is 1. The van der Waals surface area contributed by atoms with E-state index in [1.165, 1.54) is 17.4 Å². The normalized spacial score (nSPS) is 14.5. The summed E-state index contributed by atoms with van der Waals surface area (Å²) in [5.74, 6) is 1.03. The Bertz CT molecular complexity index is 1280. The van der Waals surface area contributed by atoms with E-state index in [2.05, 4.69) is 46.4 Å². The number of carbonyl (C=O) groups is 2. The summed E-state index contributed by atoms with van der Waals surface area (Å²) in [4.78, 5) is 30.3. The molecule has 1 aliphatic rings. The van der Waals surface area contributed by atoms with Crippen molar-refractivity contribution in [2.24, 2.45) is 5.92 Å². The lowest BCUT2D eigenvalue weighted by molar-refractivity contribution is -0.128. The first-order chi connectivity index (χ1) is 18.8. The molecule has 11 heteroatoms. The summed E-state index contributed by atoms with van der Waals surface area (Å²) >= 11 is 13.7. The van der Waals surface area contributed by atoms with Crippen LogP contribution in [0, 0.1) is 5.92 Å². The van der Waals surface area contributed by atoms with Gasteiger partial charge in [0.15, 0.2) is 11.0 Å². The summed E-state index contributed by atoms with van der Waals surface area (Å²) in [5.41, 5.74) is 1.54. The van der Waals surface area contributed by atoms with E-state index in [0.717, 1.165) is 13.1 Å². The molecule has 1 aliphatic heterocycles. The first-order valence-electron chi connectivity index (χ1n) is 13.2. The number of piperazine rings is 1. The first-order valence-corrected chi connectivity index (χ1v) is 14.9. The van der Waals surface area contributed by atoms with Crippen LogP contribution < -0.4 is 10.2 Å². The van der Waals surface area contributed by atoms with E-state index < -0.39 is 0 Å². The Morgan fingerprint density at radius 1 is 1.03 bits per heavy atom. The summed E-state index contributed by atoms with van der Waals surface area (Å²) in [6.45, 7) is 9.80. The first kappa shape index (κ1) is 29.2. The minimum atomic E-state index is -0.368. The average molecular weight is 590 g/mol. The third-order valence-corrected chi connectivity index (χ3v) is 8.14. The zero-order chi connectivity index (χ0) is 27.9. The molecule has 1 atom stereocenters. The quantitative estimate of drug-likeness (QED) is 0.312. The maximum atomic E-state index is 13.1. The molecule has 4 rings (SSSR count). The predicted molar refractivity (Wildman–Crippen MR) is 158 cm³/mol. The topological polar surface area (TPSA) is 83.4 Å². The lowest BCUT2D eigenvalue weighted by Crippen LogP contribution is -2.49. The van der Waals surface area contributed by atoms with Gasteiger partial charge >= 0.3 is 0 Å². The Hall–Kier alpha value is -2.75. The van der Waals surface area contributed by atoms with Crippen molar-refractivity contribution in [1.82, 2.24) is 25.0 Å². The Kier molecular flexibility index (Phi) is 10.2. The molecule has 2 amide bonds. The van der Waals surface area contributed by atoms with Crippen LogP contribution in [-0.2, 0) is 11.3 Å². The van der Waals surface area contributed by atoms with Crippen molar-refractivity contribution in [2.75, 3.05) is 36.8 Å². The van der Waals surface area contributed by atoms with Crippen LogP contribution in [0.25, 0.3) is 0 Å². The molecule has 0 unspecified atom stereocenters. The molecule has 0 bridgehead atoms. The number of thioether (sulfide) groups is 1. The second-order valence-corrected chi connectivity index (χ2v) is 11.6. The van der Waals surface area contributed by atoms with E-state index in [4.69, 9.17) is 23.2 Å². The van der Waals surface area contributed by atoms with Gasteiger partial charge in [-0.25, -0.2) is 0 Å². The van der Waals surface area contributed by atoms with E-state index in [9.17, 15) is 9.59 Å². The zero-order valence-corrected chi connectivity index (χ0v) is 24.8. The molecular weight excluding hydrogens is 555 g/mol. The molecule has 208 valence electrons. The lowest BCUT2D eigenvalue weighted by atomic mass is 10.0. The number of nitrogens with zero attached hydrogens (tertiary/aromatic N) is 5. The van der Waals surface area contributed by atoms with Gasteiger partial charge in [0, 0.05) is 43.4 Å². The molecular formula is C28H34Cl2N6O2S. The van der Waals surface area contributed by atoms with Crippen LogP contribution in [-0.4, -0.2) is 63.4 Å². The lowest BCUT2D eigenvalue weighted by Gasteiger charge is -2.36. The van der Waals surface area contributed by atoms with Gasteiger partial charge in [-0.1, -0.05) is 67.0 Å². The number of carbonyl (C=O) groups excluding carboxylic acids is 2. The van der Waals surface area contributed by atoms with E-state index in [1.54, 1.807) is 18.2 Å². The summed E-state index contributed by atoms with van der Waals surface area (Å²) in [6, 6.07) is 14.7. The number of rotatable bonds is 10. The van der Waals surface area contributed by atoms with Gasteiger partial charge in [0.05, 0.1) is 22.4 Å². The predicted octanol–water partition coefficient (Wildman–Crippen LogP) is 5.56. The maximum absolute atomic E-state index is 13.1. The highest BCUT2D eigenvalue weighted by Gasteiger charge is 2.26. The Morgan fingerprint density at radius 3 is 2.38 bits per heavy atom. The highest BCUT2D eigenvalue weighted by Crippen LogP contribution is 2.27. The van der Waals surface area contributed by atoms with Crippen LogP contribution in [0.5, 0.6) is 0 Å². The second kappa shape index (κ2) is 13.5. The minimum absolute atomic E-state index is 0.0873. The van der Waals surface area contributed by atoms with Crippen molar-refractivity contribution in [1.29, 1.82) is 0 Å². The molecule has 0 aliphatic carbocycles. The summed E-state index contributed by atoms with van der Waals surface area (Å²) in [5, 5.41) is 13.4. The van der Waals surface area contributed by atoms with Crippen LogP contribution in [0.15, 0.2) is 53.7 Å². The average Bonchev–Trinajstić information content (AvgIpc) is 3.34. The fraction of sp³-hybridized carbons (Fsp3) is 0.429. The van der Waals surface area contributed by atoms with Crippen LogP contribution in [0.1, 0.15) is 49.4 Å². The SMILES string of the molecule is CCn1c(SCC(=O)N2CCN(c3ccccc3)CC2)nnc1[C@@H](CC(C)C)NC(=O)c1ccc(Cl)cc1Cl. The molecule has 0 spiro atoms. The fourth-order valence-electron chi connectivity index (χ4n) is 4.64. The maximum Gasteiger partial charge on any atom is 0.253 e. The molecule has 0 radical (unpaired) electrons. The number of nitrogens with one attached hydrogen (secondary N) is 1. The van der Waals surface area contributed by atoms with Crippen molar-refractivity contribution in [3.63, 3.8) is 0 Å². The number of hydrogen-bond acceptors (Lipinski definition) is 6. The van der Waals surface area contributed by atoms with Gasteiger partial charge in [0.25, 0.3) is 5.91 Å². The minimum Gasteiger partial charge on any atom is -0.368 e. The molecule has 1 saturated heterocycles. The van der Waals surface area contributed by atoms with Crippen molar-refractivity contribution in [3.05, 3.63) is 70.0 Å². The third-order valence-electron chi connectivity index (χ3n) is 6.64. The van der Waals surface area contributed by atoms with E-state index >= 15 is 0 Å². The van der Waals surface area contributed by atoms with E-state index in [0.29, 0.717) is 58.6 Å². The molecule has 2 aromatic carbocycles. The number of hydrogen-bond donors (Lipinski definition) is 1. The van der Waals surface area contributed by atoms with Crippen LogP contribution in [0.4, 0.5) is 5.69 Å². The van der Waals surface area contributed by atoms with Gasteiger partial charge in [0.1, 0.15) is 0 Å². The van der Waals surface area contributed by atoms with E-state index in [1.807, 2.05) is 34.6 Å². The highest BCUT2D eigenvalue weighted by molar-refractivity contribution is 7.99. The fourth-order valence-corrected chi connectivity index (χ4v) is 6.05. The van der Waals surface area contributed by atoms with Crippen LogP contribution >= 0.6 is 35.0 Å². The Morgan fingerprint density at radius 2 is 1.74 bits per heavy atom. The summed E-state index contributed by atoms with van der Waals surface area (Å²) in [7, 11) is 0. The van der Waals surface area contributed by atoms with Crippen molar-refractivity contribution < 1.29 is 9.59 Å². The second-order valence-electron chi connectivity index (χ2n) is 9.86. The molecule has 8 nitrogen and oxygen atoms in total. The zero-order valence-electron chi connectivity index (χ0n) is 22.4. The van der Waals surface area contributed by atoms with Gasteiger partial charge in [-0.3, -0.25) is 9.59 Å². The van der Waals surface area contributed by atoms with Crippen molar-refractivity contribution in [3.8, 4) is 0 Å². The van der Waals surface area contributed by atoms with Gasteiger partial charge in [-0.2, -0.15) is 0 Å². The van der Waals surface area contributed by atoms with Crippen LogP contribution in [0.2, 0.25) is 10.0 Å². The summed E-state index contributed by atoms with van der Waals surface area (Å²) in [6.07, 6.45) is 0.671. The Balaban J connectivity index is 1.40. The van der Waals surface area contributed by atoms with E-state index in [-0.39, 0.29) is 23.6 Å². The number of halogens is 2. The molecule has 2 heterocycles. The van der Waals surface area contributed by atoms with Gasteiger partial charge in [-0.15, -0.1) is 10.2 Å². The Labute approximate surface area is 244 Å². The molecule has 1 N–H and O–H groups in total. The van der Waals surface area contributed by atoms with Gasteiger partial charge < -0.3 is 19.7 Å². The largest absolute Gasteiger partial charge is 0.368 e. The molecule has 1 fully saturated rings. The number of benzene rings is 2. The number of amides is 2. The van der Waals surface area contributed by atoms with Gasteiger partial charge in [0.2, 0.25) is 5.91 Å². The molecule has 0 saturated carbocycles. The highest BCUT2D eigenvalue weighted by atomic mass is 35.5. The molecule has 1 aromatic heterocycles. The van der Waals surface area contributed by atoms with Gasteiger partial charge in [-0.05, 0) is 49.6 Å². The van der Waals surface area contributed by atoms with Crippen molar-refractivity contribution in [2.45, 2.75) is 44.9 Å².